The highest BCUT2D eigenvalue weighted by molar-refractivity contribution is 7.89. The summed E-state index contributed by atoms with van der Waals surface area (Å²) in [5.41, 5.74) is 1.20. The average molecular weight is 426 g/mol. The topological polar surface area (TPSA) is 96.7 Å². The summed E-state index contributed by atoms with van der Waals surface area (Å²) in [7, 11) is -3.58. The predicted molar refractivity (Wildman–Crippen MR) is 112 cm³/mol. The zero-order valence-electron chi connectivity index (χ0n) is 16.5. The van der Waals surface area contributed by atoms with E-state index in [4.69, 9.17) is 14.7 Å². The van der Waals surface area contributed by atoms with Crippen LogP contribution in [0.3, 0.4) is 0 Å². The average Bonchev–Trinajstić information content (AvgIpc) is 2.79. The normalized spacial score (nSPS) is 16.1. The van der Waals surface area contributed by atoms with E-state index >= 15 is 0 Å². The number of nitriles is 1. The van der Waals surface area contributed by atoms with Crippen molar-refractivity contribution in [1.29, 1.82) is 5.26 Å². The molecule has 0 amide bonds. The van der Waals surface area contributed by atoms with E-state index in [-0.39, 0.29) is 10.7 Å². The Morgan fingerprint density at radius 2 is 1.77 bits per heavy atom. The SMILES string of the molecule is CC(C#N)Oc1ccc(/C=C/C(=O)c2ccc(S(=O)(=O)N3CCOCC3)cc2)cc1. The summed E-state index contributed by atoms with van der Waals surface area (Å²) in [5, 5.41) is 8.77. The highest BCUT2D eigenvalue weighted by atomic mass is 32.2. The Hall–Kier alpha value is -2.99. The van der Waals surface area contributed by atoms with Gasteiger partial charge >= 0.3 is 0 Å². The maximum absolute atomic E-state index is 12.6. The summed E-state index contributed by atoms with van der Waals surface area (Å²) < 4.78 is 37.2. The number of ketones is 1. The number of sulfonamides is 1. The van der Waals surface area contributed by atoms with Crippen molar-refractivity contribution in [2.45, 2.75) is 17.9 Å². The Morgan fingerprint density at radius 3 is 2.37 bits per heavy atom. The first kappa shape index (κ1) is 21.7. The van der Waals surface area contributed by atoms with Gasteiger partial charge in [0.1, 0.15) is 11.8 Å². The summed E-state index contributed by atoms with van der Waals surface area (Å²) >= 11 is 0. The van der Waals surface area contributed by atoms with Gasteiger partial charge < -0.3 is 9.47 Å². The number of allylic oxidation sites excluding steroid dienone is 1. The molecule has 0 radical (unpaired) electrons. The minimum absolute atomic E-state index is 0.159. The zero-order valence-corrected chi connectivity index (χ0v) is 17.3. The number of ether oxygens (including phenoxy) is 2. The predicted octanol–water partition coefficient (Wildman–Crippen LogP) is 2.89. The molecule has 1 atom stereocenters. The fourth-order valence-electron chi connectivity index (χ4n) is 2.88. The first-order valence-electron chi connectivity index (χ1n) is 9.47. The number of carbonyl (C=O) groups is 1. The third kappa shape index (κ3) is 5.33. The van der Waals surface area contributed by atoms with Crippen molar-refractivity contribution in [2.24, 2.45) is 0 Å². The van der Waals surface area contributed by atoms with Gasteiger partial charge in [0, 0.05) is 18.7 Å². The van der Waals surface area contributed by atoms with Gasteiger partial charge in [0.05, 0.1) is 18.1 Å². The lowest BCUT2D eigenvalue weighted by Gasteiger charge is -2.26. The van der Waals surface area contributed by atoms with Gasteiger partial charge in [-0.05, 0) is 55.0 Å². The van der Waals surface area contributed by atoms with Gasteiger partial charge in [0.15, 0.2) is 11.9 Å². The maximum atomic E-state index is 12.6. The summed E-state index contributed by atoms with van der Waals surface area (Å²) in [6, 6.07) is 14.9. The molecule has 2 aromatic carbocycles. The quantitative estimate of drug-likeness (QED) is 0.499. The molecule has 2 aromatic rings. The second-order valence-corrected chi connectivity index (χ2v) is 8.63. The molecule has 156 valence electrons. The molecular formula is C22H22N2O5S. The molecule has 0 aliphatic carbocycles. The Bertz CT molecular complexity index is 1050. The second-order valence-electron chi connectivity index (χ2n) is 6.70. The van der Waals surface area contributed by atoms with Crippen LogP contribution >= 0.6 is 0 Å². The minimum Gasteiger partial charge on any atom is -0.476 e. The van der Waals surface area contributed by atoms with E-state index in [9.17, 15) is 13.2 Å². The first-order valence-corrected chi connectivity index (χ1v) is 10.9. The van der Waals surface area contributed by atoms with Crippen molar-refractivity contribution >= 4 is 21.9 Å². The number of hydrogen-bond acceptors (Lipinski definition) is 6. The molecule has 7 nitrogen and oxygen atoms in total. The molecule has 1 unspecified atom stereocenters. The summed E-state index contributed by atoms with van der Waals surface area (Å²) in [6.07, 6.45) is 2.56. The van der Waals surface area contributed by atoms with Gasteiger partial charge in [-0.3, -0.25) is 4.79 Å². The van der Waals surface area contributed by atoms with Crippen LogP contribution in [0.25, 0.3) is 6.08 Å². The molecule has 0 N–H and O–H groups in total. The molecule has 1 heterocycles. The van der Waals surface area contributed by atoms with E-state index in [0.717, 1.165) is 5.56 Å². The maximum Gasteiger partial charge on any atom is 0.243 e. The van der Waals surface area contributed by atoms with Gasteiger partial charge in [-0.2, -0.15) is 9.57 Å². The molecule has 3 rings (SSSR count). The van der Waals surface area contributed by atoms with E-state index in [1.54, 1.807) is 37.3 Å². The second kappa shape index (κ2) is 9.67. The number of benzene rings is 2. The molecule has 1 saturated heterocycles. The van der Waals surface area contributed by atoms with Crippen LogP contribution in [0.1, 0.15) is 22.8 Å². The van der Waals surface area contributed by atoms with E-state index < -0.39 is 16.1 Å². The highest BCUT2D eigenvalue weighted by Crippen LogP contribution is 2.19. The lowest BCUT2D eigenvalue weighted by Crippen LogP contribution is -2.40. The lowest BCUT2D eigenvalue weighted by atomic mass is 10.1. The fraction of sp³-hybridized carbons (Fsp3) is 0.273. The van der Waals surface area contributed by atoms with Gasteiger partial charge in [-0.15, -0.1) is 0 Å². The summed E-state index contributed by atoms with van der Waals surface area (Å²) in [6.45, 7) is 3.07. The third-order valence-electron chi connectivity index (χ3n) is 4.55. The molecule has 0 saturated carbocycles. The number of rotatable bonds is 7. The first-order chi connectivity index (χ1) is 14.4. The van der Waals surface area contributed by atoms with E-state index in [2.05, 4.69) is 0 Å². The van der Waals surface area contributed by atoms with Crippen LogP contribution in [0.15, 0.2) is 59.5 Å². The lowest BCUT2D eigenvalue weighted by molar-refractivity contribution is 0.0730. The van der Waals surface area contributed by atoms with Crippen molar-refractivity contribution in [2.75, 3.05) is 26.3 Å². The number of carbonyl (C=O) groups excluding carboxylic acids is 1. The molecule has 0 aromatic heterocycles. The van der Waals surface area contributed by atoms with Crippen molar-refractivity contribution in [3.05, 3.63) is 65.7 Å². The van der Waals surface area contributed by atoms with Crippen LogP contribution in [0.5, 0.6) is 5.75 Å². The molecular weight excluding hydrogens is 404 g/mol. The zero-order chi connectivity index (χ0) is 21.6. The summed E-state index contributed by atoms with van der Waals surface area (Å²) in [5.74, 6) is 0.341. The van der Waals surface area contributed by atoms with Gasteiger partial charge in [-0.25, -0.2) is 8.42 Å². The van der Waals surface area contributed by atoms with Crippen LogP contribution in [0, 0.1) is 11.3 Å². The molecule has 30 heavy (non-hydrogen) atoms. The van der Waals surface area contributed by atoms with Gasteiger partial charge in [0.2, 0.25) is 10.0 Å². The van der Waals surface area contributed by atoms with E-state index in [1.807, 2.05) is 6.07 Å². The molecule has 8 heteroatoms. The largest absolute Gasteiger partial charge is 0.476 e. The third-order valence-corrected chi connectivity index (χ3v) is 6.46. The van der Waals surface area contributed by atoms with Gasteiger partial charge in [0.25, 0.3) is 0 Å². The monoisotopic (exact) mass is 426 g/mol. The standard InChI is InChI=1S/C22H22N2O5S/c1-17(16-23)29-20-7-2-18(3-8-20)4-11-22(25)19-5-9-21(10-6-19)30(26,27)24-12-14-28-15-13-24/h2-11,17H,12-15H2,1H3/b11-4+. The number of morpholine rings is 1. The number of nitrogens with zero attached hydrogens (tertiary/aromatic N) is 2. The van der Waals surface area contributed by atoms with Crippen LogP contribution in [-0.2, 0) is 14.8 Å². The summed E-state index contributed by atoms with van der Waals surface area (Å²) in [4.78, 5) is 12.6. The Kier molecular flexibility index (Phi) is 7.00. The molecule has 0 bridgehead atoms. The van der Waals surface area contributed by atoms with E-state index in [0.29, 0.717) is 37.6 Å². The van der Waals surface area contributed by atoms with Crippen LogP contribution < -0.4 is 4.74 Å². The molecule has 1 fully saturated rings. The van der Waals surface area contributed by atoms with Gasteiger partial charge in [-0.1, -0.05) is 18.2 Å². The number of hydrogen-bond donors (Lipinski definition) is 0. The van der Waals surface area contributed by atoms with E-state index in [1.165, 1.54) is 34.6 Å². The van der Waals surface area contributed by atoms with Crippen LogP contribution in [0.4, 0.5) is 0 Å². The van der Waals surface area contributed by atoms with Crippen LogP contribution in [-0.4, -0.2) is 50.9 Å². The molecule has 1 aliphatic heterocycles. The molecule has 1 aliphatic rings. The van der Waals surface area contributed by atoms with Crippen molar-refractivity contribution in [3.8, 4) is 11.8 Å². The van der Waals surface area contributed by atoms with Crippen molar-refractivity contribution < 1.29 is 22.7 Å². The Labute approximate surface area is 176 Å². The van der Waals surface area contributed by atoms with Crippen molar-refractivity contribution in [3.63, 3.8) is 0 Å². The Balaban J connectivity index is 1.65. The van der Waals surface area contributed by atoms with Crippen molar-refractivity contribution in [1.82, 2.24) is 4.31 Å². The smallest absolute Gasteiger partial charge is 0.243 e. The Morgan fingerprint density at radius 1 is 1.13 bits per heavy atom. The van der Waals surface area contributed by atoms with Crippen LogP contribution in [0.2, 0.25) is 0 Å². The minimum atomic E-state index is -3.58. The fourth-order valence-corrected chi connectivity index (χ4v) is 4.29. The highest BCUT2D eigenvalue weighted by Gasteiger charge is 2.26. The molecule has 0 spiro atoms.